The number of hydrogen-bond donors (Lipinski definition) is 0. The Bertz CT molecular complexity index is 437. The van der Waals surface area contributed by atoms with Gasteiger partial charge in [-0.3, -0.25) is 4.98 Å². The van der Waals surface area contributed by atoms with E-state index in [1.54, 1.807) is 7.11 Å². The van der Waals surface area contributed by atoms with Crippen LogP contribution >= 0.6 is 0 Å². The third-order valence-corrected chi connectivity index (χ3v) is 2.11. The third-order valence-electron chi connectivity index (χ3n) is 2.11. The molecule has 0 aliphatic rings. The molecule has 13 heavy (non-hydrogen) atoms. The van der Waals surface area contributed by atoms with Crippen molar-refractivity contribution < 1.29 is 4.74 Å². The van der Waals surface area contributed by atoms with E-state index >= 15 is 0 Å². The number of para-hydroxylation sites is 1. The highest BCUT2D eigenvalue weighted by molar-refractivity contribution is 5.85. The number of benzene rings is 1. The van der Waals surface area contributed by atoms with Gasteiger partial charge in [-0.1, -0.05) is 12.1 Å². The lowest BCUT2D eigenvalue weighted by atomic mass is 10.1. The maximum Gasteiger partial charge on any atom is 0.132 e. The van der Waals surface area contributed by atoms with Crippen molar-refractivity contribution in [2.45, 2.75) is 6.92 Å². The number of methoxy groups -OCH3 is 1. The summed E-state index contributed by atoms with van der Waals surface area (Å²) in [6.07, 6.45) is 1.83. The Hall–Kier alpha value is -1.57. The SMILES string of the molecule is COc1c(C)cnc2ccccc12. The molecule has 0 fully saturated rings. The zero-order chi connectivity index (χ0) is 9.26. The van der Waals surface area contributed by atoms with Crippen LogP contribution in [0.2, 0.25) is 0 Å². The molecule has 0 aliphatic carbocycles. The lowest BCUT2D eigenvalue weighted by Crippen LogP contribution is -1.90. The van der Waals surface area contributed by atoms with E-state index in [1.807, 2.05) is 37.4 Å². The zero-order valence-corrected chi connectivity index (χ0v) is 7.74. The first kappa shape index (κ1) is 8.05. The molecule has 0 radical (unpaired) electrons. The first-order chi connectivity index (χ1) is 6.33. The van der Waals surface area contributed by atoms with Crippen LogP contribution in [0.15, 0.2) is 30.5 Å². The van der Waals surface area contributed by atoms with Gasteiger partial charge in [-0.2, -0.15) is 0 Å². The molecular formula is C11H11NO. The third kappa shape index (κ3) is 1.24. The minimum absolute atomic E-state index is 0.922. The van der Waals surface area contributed by atoms with Gasteiger partial charge in [0, 0.05) is 17.1 Å². The molecule has 0 amide bonds. The molecule has 0 saturated heterocycles. The molecule has 1 aromatic heterocycles. The number of fused-ring (bicyclic) bond motifs is 1. The van der Waals surface area contributed by atoms with Gasteiger partial charge in [0.15, 0.2) is 0 Å². The summed E-state index contributed by atoms with van der Waals surface area (Å²) < 4.78 is 5.32. The Labute approximate surface area is 77.2 Å². The van der Waals surface area contributed by atoms with E-state index in [9.17, 15) is 0 Å². The number of nitrogens with zero attached hydrogens (tertiary/aromatic N) is 1. The largest absolute Gasteiger partial charge is 0.496 e. The van der Waals surface area contributed by atoms with Gasteiger partial charge in [0.1, 0.15) is 5.75 Å². The molecule has 1 heterocycles. The number of pyridine rings is 1. The fourth-order valence-electron chi connectivity index (χ4n) is 1.49. The Kier molecular flexibility index (Phi) is 1.89. The smallest absolute Gasteiger partial charge is 0.132 e. The second-order valence-corrected chi connectivity index (χ2v) is 2.99. The summed E-state index contributed by atoms with van der Waals surface area (Å²) >= 11 is 0. The van der Waals surface area contributed by atoms with Crippen molar-refractivity contribution in [3.63, 3.8) is 0 Å². The quantitative estimate of drug-likeness (QED) is 0.661. The Morgan fingerprint density at radius 3 is 2.77 bits per heavy atom. The summed E-state index contributed by atoms with van der Waals surface area (Å²) in [7, 11) is 1.69. The van der Waals surface area contributed by atoms with E-state index in [1.165, 1.54) is 0 Å². The maximum absolute atomic E-state index is 5.32. The molecule has 2 heteroatoms. The summed E-state index contributed by atoms with van der Waals surface area (Å²) in [6, 6.07) is 7.97. The normalized spacial score (nSPS) is 10.3. The molecular weight excluding hydrogens is 162 g/mol. The molecule has 2 nitrogen and oxygen atoms in total. The van der Waals surface area contributed by atoms with Crippen molar-refractivity contribution in [1.29, 1.82) is 0 Å². The van der Waals surface area contributed by atoms with Crippen LogP contribution < -0.4 is 4.74 Å². The van der Waals surface area contributed by atoms with Crippen LogP contribution in [0.5, 0.6) is 5.75 Å². The minimum Gasteiger partial charge on any atom is -0.496 e. The number of rotatable bonds is 1. The van der Waals surface area contributed by atoms with Crippen molar-refractivity contribution in [1.82, 2.24) is 4.98 Å². The Morgan fingerprint density at radius 2 is 2.00 bits per heavy atom. The van der Waals surface area contributed by atoms with Crippen molar-refractivity contribution in [2.75, 3.05) is 7.11 Å². The molecule has 0 aliphatic heterocycles. The fourth-order valence-corrected chi connectivity index (χ4v) is 1.49. The lowest BCUT2D eigenvalue weighted by molar-refractivity contribution is 0.416. The van der Waals surface area contributed by atoms with Gasteiger partial charge < -0.3 is 4.74 Å². The fraction of sp³-hybridized carbons (Fsp3) is 0.182. The molecule has 0 atom stereocenters. The van der Waals surface area contributed by atoms with Gasteiger partial charge in [-0.25, -0.2) is 0 Å². The van der Waals surface area contributed by atoms with Crippen LogP contribution in [0.25, 0.3) is 10.9 Å². The average Bonchev–Trinajstić information content (AvgIpc) is 2.18. The number of aromatic nitrogens is 1. The summed E-state index contributed by atoms with van der Waals surface area (Å²) in [5.74, 6) is 0.922. The van der Waals surface area contributed by atoms with E-state index in [-0.39, 0.29) is 0 Å². The van der Waals surface area contributed by atoms with Gasteiger partial charge in [-0.05, 0) is 19.1 Å². The molecule has 0 spiro atoms. The number of hydrogen-bond acceptors (Lipinski definition) is 2. The van der Waals surface area contributed by atoms with E-state index in [0.29, 0.717) is 0 Å². The monoisotopic (exact) mass is 173 g/mol. The first-order valence-electron chi connectivity index (χ1n) is 4.21. The highest BCUT2D eigenvalue weighted by atomic mass is 16.5. The van der Waals surface area contributed by atoms with Crippen LogP contribution in [0.4, 0.5) is 0 Å². The first-order valence-corrected chi connectivity index (χ1v) is 4.21. The second kappa shape index (κ2) is 3.05. The predicted octanol–water partition coefficient (Wildman–Crippen LogP) is 2.55. The average molecular weight is 173 g/mol. The summed E-state index contributed by atoms with van der Waals surface area (Å²) in [5, 5.41) is 1.07. The molecule has 1 aromatic carbocycles. The molecule has 2 aromatic rings. The summed E-state index contributed by atoms with van der Waals surface area (Å²) in [6.45, 7) is 2.00. The second-order valence-electron chi connectivity index (χ2n) is 2.99. The molecule has 0 N–H and O–H groups in total. The Balaban J connectivity index is 2.84. The van der Waals surface area contributed by atoms with Crippen LogP contribution in [0, 0.1) is 6.92 Å². The van der Waals surface area contributed by atoms with Crippen molar-refractivity contribution >= 4 is 10.9 Å². The van der Waals surface area contributed by atoms with Crippen LogP contribution in [-0.2, 0) is 0 Å². The van der Waals surface area contributed by atoms with Crippen molar-refractivity contribution in [3.8, 4) is 5.75 Å². The molecule has 0 unspecified atom stereocenters. The number of aryl methyl sites for hydroxylation is 1. The topological polar surface area (TPSA) is 22.1 Å². The lowest BCUT2D eigenvalue weighted by Gasteiger charge is -2.07. The standard InChI is InChI=1S/C11H11NO/c1-8-7-12-10-6-4-3-5-9(10)11(8)13-2/h3-7H,1-2H3. The summed E-state index contributed by atoms with van der Waals surface area (Å²) in [4.78, 5) is 4.31. The molecule has 0 bridgehead atoms. The van der Waals surface area contributed by atoms with Crippen LogP contribution in [-0.4, -0.2) is 12.1 Å². The van der Waals surface area contributed by atoms with E-state index < -0.39 is 0 Å². The predicted molar refractivity (Wildman–Crippen MR) is 53.0 cm³/mol. The molecule has 2 rings (SSSR count). The molecule has 66 valence electrons. The minimum atomic E-state index is 0.922. The zero-order valence-electron chi connectivity index (χ0n) is 7.74. The highest BCUT2D eigenvalue weighted by Crippen LogP contribution is 2.26. The van der Waals surface area contributed by atoms with Gasteiger partial charge in [0.25, 0.3) is 0 Å². The van der Waals surface area contributed by atoms with Gasteiger partial charge >= 0.3 is 0 Å². The maximum atomic E-state index is 5.32. The van der Waals surface area contributed by atoms with Gasteiger partial charge in [-0.15, -0.1) is 0 Å². The van der Waals surface area contributed by atoms with Gasteiger partial charge in [0.05, 0.1) is 12.6 Å². The van der Waals surface area contributed by atoms with E-state index in [0.717, 1.165) is 22.2 Å². The Morgan fingerprint density at radius 1 is 1.23 bits per heavy atom. The van der Waals surface area contributed by atoms with E-state index in [4.69, 9.17) is 4.74 Å². The summed E-state index contributed by atoms with van der Waals surface area (Å²) in [5.41, 5.74) is 2.05. The molecule has 0 saturated carbocycles. The highest BCUT2D eigenvalue weighted by Gasteiger charge is 2.03. The van der Waals surface area contributed by atoms with E-state index in [2.05, 4.69) is 4.98 Å². The van der Waals surface area contributed by atoms with Crippen LogP contribution in [0.3, 0.4) is 0 Å². The van der Waals surface area contributed by atoms with Crippen LogP contribution in [0.1, 0.15) is 5.56 Å². The van der Waals surface area contributed by atoms with Crippen molar-refractivity contribution in [2.24, 2.45) is 0 Å². The number of ether oxygens (including phenoxy) is 1. The van der Waals surface area contributed by atoms with Crippen molar-refractivity contribution in [3.05, 3.63) is 36.0 Å². The van der Waals surface area contributed by atoms with Gasteiger partial charge in [0.2, 0.25) is 0 Å².